The fraction of sp³-hybridized carbons (Fsp3) is 0.941. The van der Waals surface area contributed by atoms with Crippen LogP contribution < -0.4 is 5.32 Å². The van der Waals surface area contributed by atoms with E-state index in [1.165, 1.54) is 10.6 Å². The van der Waals surface area contributed by atoms with Crippen LogP contribution in [0.1, 0.15) is 33.1 Å². The molecule has 1 amide bonds. The Balaban J connectivity index is 1.82. The van der Waals surface area contributed by atoms with Crippen molar-refractivity contribution in [3.63, 3.8) is 0 Å². The van der Waals surface area contributed by atoms with E-state index >= 15 is 0 Å². The van der Waals surface area contributed by atoms with Crippen molar-refractivity contribution < 1.29 is 17.9 Å². The molecule has 7 nitrogen and oxygen atoms in total. The Labute approximate surface area is 152 Å². The number of ether oxygens (including phenoxy) is 1. The summed E-state index contributed by atoms with van der Waals surface area (Å²) in [6.07, 6.45) is 3.48. The van der Waals surface area contributed by atoms with Gasteiger partial charge in [-0.05, 0) is 25.2 Å². The van der Waals surface area contributed by atoms with Gasteiger partial charge in [0.2, 0.25) is 15.9 Å². The molecule has 146 valence electrons. The molecule has 2 fully saturated rings. The quantitative estimate of drug-likeness (QED) is 0.702. The van der Waals surface area contributed by atoms with Crippen LogP contribution in [0, 0.1) is 11.8 Å². The lowest BCUT2D eigenvalue weighted by molar-refractivity contribution is -0.126. The molecule has 2 aliphatic heterocycles. The van der Waals surface area contributed by atoms with E-state index in [-0.39, 0.29) is 11.8 Å². The van der Waals surface area contributed by atoms with Crippen molar-refractivity contribution in [3.05, 3.63) is 0 Å². The van der Waals surface area contributed by atoms with Gasteiger partial charge in [0.1, 0.15) is 0 Å². The Hall–Kier alpha value is -0.700. The van der Waals surface area contributed by atoms with Gasteiger partial charge < -0.3 is 10.1 Å². The van der Waals surface area contributed by atoms with Crippen LogP contribution >= 0.6 is 0 Å². The predicted molar refractivity (Wildman–Crippen MR) is 97.8 cm³/mol. The molecule has 0 aromatic carbocycles. The number of nitrogens with zero attached hydrogens (tertiary/aromatic N) is 2. The van der Waals surface area contributed by atoms with E-state index in [1.807, 2.05) is 0 Å². The minimum absolute atomic E-state index is 0.0650. The molecule has 1 N–H and O–H groups in total. The van der Waals surface area contributed by atoms with Gasteiger partial charge in [-0.25, -0.2) is 12.7 Å². The molecule has 0 aliphatic carbocycles. The van der Waals surface area contributed by atoms with E-state index in [0.29, 0.717) is 44.4 Å². The third-order valence-electron chi connectivity index (χ3n) is 5.11. The SMILES string of the molecule is CC(C)CC(CNC(=O)C1CCN(S(C)(=O)=O)CC1)N1CCOCC1. The van der Waals surface area contributed by atoms with Crippen LogP contribution in [0.25, 0.3) is 0 Å². The van der Waals surface area contributed by atoms with Crippen LogP contribution in [-0.4, -0.2) is 81.8 Å². The molecule has 0 spiro atoms. The van der Waals surface area contributed by atoms with Gasteiger partial charge in [-0.1, -0.05) is 13.8 Å². The normalized spacial score (nSPS) is 22.9. The molecule has 8 heteroatoms. The maximum Gasteiger partial charge on any atom is 0.223 e. The van der Waals surface area contributed by atoms with Gasteiger partial charge in [0.25, 0.3) is 0 Å². The topological polar surface area (TPSA) is 79.0 Å². The second kappa shape index (κ2) is 9.30. The third kappa shape index (κ3) is 6.51. The van der Waals surface area contributed by atoms with Crippen molar-refractivity contribution >= 4 is 15.9 Å². The Morgan fingerprint density at radius 2 is 1.76 bits per heavy atom. The van der Waals surface area contributed by atoms with Crippen molar-refractivity contribution in [2.45, 2.75) is 39.2 Å². The molecule has 2 aliphatic rings. The van der Waals surface area contributed by atoms with Gasteiger partial charge in [0.05, 0.1) is 19.5 Å². The minimum atomic E-state index is -3.15. The number of hydrogen-bond acceptors (Lipinski definition) is 5. The van der Waals surface area contributed by atoms with Crippen molar-refractivity contribution in [2.75, 3.05) is 52.2 Å². The number of nitrogens with one attached hydrogen (secondary N) is 1. The highest BCUT2D eigenvalue weighted by Gasteiger charge is 2.30. The molecule has 25 heavy (non-hydrogen) atoms. The number of carbonyl (C=O) groups excluding carboxylic acids is 1. The van der Waals surface area contributed by atoms with Crippen LogP contribution in [0.5, 0.6) is 0 Å². The van der Waals surface area contributed by atoms with Crippen LogP contribution in [0.15, 0.2) is 0 Å². The predicted octanol–water partition coefficient (Wildman–Crippen LogP) is 0.521. The molecule has 0 bridgehead atoms. The highest BCUT2D eigenvalue weighted by molar-refractivity contribution is 7.88. The molecule has 0 saturated carbocycles. The zero-order chi connectivity index (χ0) is 18.4. The first kappa shape index (κ1) is 20.6. The minimum Gasteiger partial charge on any atom is -0.379 e. The summed E-state index contributed by atoms with van der Waals surface area (Å²) in [6, 6.07) is 0.337. The first-order chi connectivity index (χ1) is 11.8. The molecular formula is C17H33N3O4S. The summed E-state index contributed by atoms with van der Waals surface area (Å²) in [7, 11) is -3.15. The van der Waals surface area contributed by atoms with Gasteiger partial charge in [0.15, 0.2) is 0 Å². The molecule has 0 aromatic heterocycles. The molecule has 2 rings (SSSR count). The van der Waals surface area contributed by atoms with E-state index in [2.05, 4.69) is 24.1 Å². The molecular weight excluding hydrogens is 342 g/mol. The van der Waals surface area contributed by atoms with Crippen LogP contribution in [0.3, 0.4) is 0 Å². The van der Waals surface area contributed by atoms with Gasteiger partial charge in [-0.15, -0.1) is 0 Å². The second-order valence-corrected chi connectivity index (χ2v) is 9.60. The lowest BCUT2D eigenvalue weighted by Crippen LogP contribution is -2.50. The van der Waals surface area contributed by atoms with Gasteiger partial charge in [-0.3, -0.25) is 9.69 Å². The number of piperidine rings is 1. The number of morpholine rings is 1. The lowest BCUT2D eigenvalue weighted by Gasteiger charge is -2.36. The maximum atomic E-state index is 12.5. The highest BCUT2D eigenvalue weighted by atomic mass is 32.2. The summed E-state index contributed by atoms with van der Waals surface area (Å²) in [5.74, 6) is 0.556. The third-order valence-corrected chi connectivity index (χ3v) is 6.41. The Kier molecular flexibility index (Phi) is 7.67. The van der Waals surface area contributed by atoms with E-state index in [0.717, 1.165) is 32.7 Å². The summed E-state index contributed by atoms with van der Waals surface area (Å²) in [5.41, 5.74) is 0. The van der Waals surface area contributed by atoms with Crippen molar-refractivity contribution in [1.29, 1.82) is 0 Å². The van der Waals surface area contributed by atoms with E-state index in [4.69, 9.17) is 4.74 Å². The fourth-order valence-electron chi connectivity index (χ4n) is 3.66. The van der Waals surface area contributed by atoms with E-state index in [1.54, 1.807) is 0 Å². The summed E-state index contributed by atoms with van der Waals surface area (Å²) in [5, 5.41) is 3.12. The summed E-state index contributed by atoms with van der Waals surface area (Å²) in [6.45, 7) is 9.29. The lowest BCUT2D eigenvalue weighted by atomic mass is 9.96. The molecule has 1 unspecified atom stereocenters. The first-order valence-corrected chi connectivity index (χ1v) is 11.2. The smallest absolute Gasteiger partial charge is 0.223 e. The molecule has 1 atom stereocenters. The first-order valence-electron chi connectivity index (χ1n) is 9.32. The van der Waals surface area contributed by atoms with E-state index in [9.17, 15) is 13.2 Å². The average Bonchev–Trinajstić information content (AvgIpc) is 2.58. The summed E-state index contributed by atoms with van der Waals surface area (Å²) >= 11 is 0. The van der Waals surface area contributed by atoms with Crippen molar-refractivity contribution in [1.82, 2.24) is 14.5 Å². The number of carbonyl (C=O) groups is 1. The highest BCUT2D eigenvalue weighted by Crippen LogP contribution is 2.20. The molecule has 2 saturated heterocycles. The molecule has 0 radical (unpaired) electrons. The van der Waals surface area contributed by atoms with E-state index < -0.39 is 10.0 Å². The largest absolute Gasteiger partial charge is 0.379 e. The Bertz CT molecular complexity index is 524. The van der Waals surface area contributed by atoms with Gasteiger partial charge >= 0.3 is 0 Å². The fourth-order valence-corrected chi connectivity index (χ4v) is 4.53. The van der Waals surface area contributed by atoms with Crippen molar-refractivity contribution in [2.24, 2.45) is 11.8 Å². The van der Waals surface area contributed by atoms with Crippen LogP contribution in [0.4, 0.5) is 0 Å². The molecule has 2 heterocycles. The van der Waals surface area contributed by atoms with Crippen LogP contribution in [-0.2, 0) is 19.6 Å². The monoisotopic (exact) mass is 375 g/mol. The number of sulfonamides is 1. The number of amides is 1. The van der Waals surface area contributed by atoms with Crippen LogP contribution in [0.2, 0.25) is 0 Å². The maximum absolute atomic E-state index is 12.5. The second-order valence-electron chi connectivity index (χ2n) is 7.61. The van der Waals surface area contributed by atoms with Gasteiger partial charge in [-0.2, -0.15) is 0 Å². The summed E-state index contributed by atoms with van der Waals surface area (Å²) < 4.78 is 30.0. The zero-order valence-corrected chi connectivity index (χ0v) is 16.6. The number of hydrogen-bond donors (Lipinski definition) is 1. The molecule has 0 aromatic rings. The number of rotatable bonds is 7. The Morgan fingerprint density at radius 1 is 1.16 bits per heavy atom. The summed E-state index contributed by atoms with van der Waals surface area (Å²) in [4.78, 5) is 14.9. The zero-order valence-electron chi connectivity index (χ0n) is 15.7. The Morgan fingerprint density at radius 3 is 2.28 bits per heavy atom. The standard InChI is InChI=1S/C17H33N3O4S/c1-14(2)12-16(19-8-10-24-11-9-19)13-18-17(21)15-4-6-20(7-5-15)25(3,22)23/h14-16H,4-13H2,1-3H3,(H,18,21). The van der Waals surface area contributed by atoms with Crippen molar-refractivity contribution in [3.8, 4) is 0 Å². The average molecular weight is 376 g/mol. The van der Waals surface area contributed by atoms with Gasteiger partial charge in [0, 0.05) is 44.7 Å².